The molecule has 186 valence electrons. The van der Waals surface area contributed by atoms with Crippen molar-refractivity contribution in [2.45, 2.75) is 53.0 Å². The first-order valence-corrected chi connectivity index (χ1v) is 12.5. The zero-order valence-corrected chi connectivity index (χ0v) is 21.1. The van der Waals surface area contributed by atoms with Gasteiger partial charge in [0.05, 0.1) is 28.8 Å². The van der Waals surface area contributed by atoms with Gasteiger partial charge in [0.25, 0.3) is 0 Å². The molecule has 0 radical (unpaired) electrons. The molecule has 0 saturated carbocycles. The van der Waals surface area contributed by atoms with E-state index in [9.17, 15) is 14.7 Å². The number of carboxylic acids is 1. The van der Waals surface area contributed by atoms with Crippen LogP contribution in [0.1, 0.15) is 70.8 Å². The van der Waals surface area contributed by atoms with E-state index in [1.54, 1.807) is 18.2 Å². The maximum absolute atomic E-state index is 12.6. The van der Waals surface area contributed by atoms with Crippen LogP contribution in [0.4, 0.5) is 0 Å². The molecule has 0 spiro atoms. The Morgan fingerprint density at radius 3 is 2.44 bits per heavy atom. The van der Waals surface area contributed by atoms with Crippen molar-refractivity contribution in [2.24, 2.45) is 0 Å². The zero-order chi connectivity index (χ0) is 25.7. The van der Waals surface area contributed by atoms with E-state index in [4.69, 9.17) is 9.72 Å². The van der Waals surface area contributed by atoms with Crippen molar-refractivity contribution in [1.82, 2.24) is 9.55 Å². The SMILES string of the molecule is CCCCOC(=O)c1ccccc1-c1ccc(Cn2c(CCC)nc3c(C)cc(C(=O)O)cc32)cc1. The van der Waals surface area contributed by atoms with Gasteiger partial charge >= 0.3 is 11.9 Å². The number of carbonyl (C=O) groups is 2. The van der Waals surface area contributed by atoms with E-state index in [-0.39, 0.29) is 11.5 Å². The molecule has 4 aromatic rings. The highest BCUT2D eigenvalue weighted by Gasteiger charge is 2.17. The zero-order valence-electron chi connectivity index (χ0n) is 21.1. The number of carbonyl (C=O) groups excluding carboxylic acids is 1. The third kappa shape index (κ3) is 5.33. The third-order valence-electron chi connectivity index (χ3n) is 6.33. The lowest BCUT2D eigenvalue weighted by atomic mass is 9.98. The van der Waals surface area contributed by atoms with E-state index in [0.29, 0.717) is 18.7 Å². The molecule has 0 atom stereocenters. The largest absolute Gasteiger partial charge is 0.478 e. The standard InChI is InChI=1S/C30H32N2O4/c1-4-6-16-36-30(35)25-11-8-7-10-24(25)22-14-12-21(13-15-22)19-32-26-18-23(29(33)34)17-20(3)28(26)31-27(32)9-5-2/h7-8,10-15,17-18H,4-6,9,16,19H2,1-3H3,(H,33,34). The molecule has 0 saturated heterocycles. The predicted octanol–water partition coefficient (Wildman–Crippen LogP) is 6.67. The van der Waals surface area contributed by atoms with Crippen molar-refractivity contribution >= 4 is 23.0 Å². The van der Waals surface area contributed by atoms with Gasteiger partial charge in [0.2, 0.25) is 0 Å². The molecule has 0 aliphatic rings. The Morgan fingerprint density at radius 2 is 1.75 bits per heavy atom. The lowest BCUT2D eigenvalue weighted by molar-refractivity contribution is 0.0500. The Kier molecular flexibility index (Phi) is 7.84. The number of hydrogen-bond acceptors (Lipinski definition) is 4. The average molecular weight is 485 g/mol. The molecule has 1 aromatic heterocycles. The fraction of sp³-hybridized carbons (Fsp3) is 0.300. The highest BCUT2D eigenvalue weighted by Crippen LogP contribution is 2.27. The molecule has 0 amide bonds. The second-order valence-corrected chi connectivity index (χ2v) is 9.06. The number of aryl methyl sites for hydroxylation is 2. The summed E-state index contributed by atoms with van der Waals surface area (Å²) in [5.74, 6) is -0.301. The van der Waals surface area contributed by atoms with Gasteiger partial charge in [-0.15, -0.1) is 0 Å². The number of imidazole rings is 1. The molecule has 0 aliphatic carbocycles. The van der Waals surface area contributed by atoms with Crippen molar-refractivity contribution in [3.63, 3.8) is 0 Å². The first kappa shape index (κ1) is 25.2. The lowest BCUT2D eigenvalue weighted by Gasteiger charge is -2.12. The molecule has 4 rings (SSSR count). The van der Waals surface area contributed by atoms with E-state index in [1.807, 2.05) is 49.4 Å². The second-order valence-electron chi connectivity index (χ2n) is 9.06. The molecule has 6 nitrogen and oxygen atoms in total. The molecule has 0 aliphatic heterocycles. The number of carboxylic acid groups (broad SMARTS) is 1. The highest BCUT2D eigenvalue weighted by atomic mass is 16.5. The number of unbranched alkanes of at least 4 members (excludes halogenated alkanes) is 1. The van der Waals surface area contributed by atoms with E-state index in [1.165, 1.54) is 0 Å². The van der Waals surface area contributed by atoms with Crippen LogP contribution in [0, 0.1) is 6.92 Å². The maximum Gasteiger partial charge on any atom is 0.338 e. The van der Waals surface area contributed by atoms with Gasteiger partial charge in [-0.25, -0.2) is 14.6 Å². The van der Waals surface area contributed by atoms with Crippen LogP contribution >= 0.6 is 0 Å². The minimum absolute atomic E-state index is 0.266. The summed E-state index contributed by atoms with van der Waals surface area (Å²) in [7, 11) is 0. The predicted molar refractivity (Wildman–Crippen MR) is 142 cm³/mol. The summed E-state index contributed by atoms with van der Waals surface area (Å²) in [6.45, 7) is 7.08. The van der Waals surface area contributed by atoms with E-state index < -0.39 is 5.97 Å². The van der Waals surface area contributed by atoms with Crippen LogP contribution in [0.3, 0.4) is 0 Å². The summed E-state index contributed by atoms with van der Waals surface area (Å²) in [5.41, 5.74) is 6.21. The average Bonchev–Trinajstić information content (AvgIpc) is 3.22. The Morgan fingerprint density at radius 1 is 1.00 bits per heavy atom. The second kappa shape index (κ2) is 11.2. The summed E-state index contributed by atoms with van der Waals surface area (Å²) < 4.78 is 7.56. The fourth-order valence-corrected chi connectivity index (χ4v) is 4.43. The van der Waals surface area contributed by atoms with Crippen molar-refractivity contribution in [3.8, 4) is 11.1 Å². The van der Waals surface area contributed by atoms with Crippen molar-refractivity contribution in [3.05, 3.63) is 88.7 Å². The Bertz CT molecular complexity index is 1390. The quantitative estimate of drug-likeness (QED) is 0.201. The number of rotatable bonds is 10. The van der Waals surface area contributed by atoms with Gasteiger partial charge in [-0.3, -0.25) is 0 Å². The Hall–Kier alpha value is -3.93. The topological polar surface area (TPSA) is 81.4 Å². The number of aromatic nitrogens is 2. The van der Waals surface area contributed by atoms with E-state index >= 15 is 0 Å². The van der Waals surface area contributed by atoms with Crippen LogP contribution in [-0.2, 0) is 17.7 Å². The van der Waals surface area contributed by atoms with Gasteiger partial charge in [-0.1, -0.05) is 62.7 Å². The number of esters is 1. The first-order chi connectivity index (χ1) is 17.4. The highest BCUT2D eigenvalue weighted by molar-refractivity contribution is 5.97. The van der Waals surface area contributed by atoms with Gasteiger partial charge in [-0.2, -0.15) is 0 Å². The molecule has 0 bridgehead atoms. The lowest BCUT2D eigenvalue weighted by Crippen LogP contribution is -2.08. The van der Waals surface area contributed by atoms with Gasteiger partial charge in [-0.05, 0) is 60.2 Å². The van der Waals surface area contributed by atoms with Crippen molar-refractivity contribution in [1.29, 1.82) is 0 Å². The van der Waals surface area contributed by atoms with Crippen LogP contribution in [0.25, 0.3) is 22.2 Å². The minimum Gasteiger partial charge on any atom is -0.478 e. The molecule has 1 heterocycles. The number of hydrogen-bond donors (Lipinski definition) is 1. The molecule has 0 unspecified atom stereocenters. The van der Waals surface area contributed by atoms with E-state index in [2.05, 4.69) is 18.4 Å². The summed E-state index contributed by atoms with van der Waals surface area (Å²) >= 11 is 0. The van der Waals surface area contributed by atoms with E-state index in [0.717, 1.165) is 64.8 Å². The third-order valence-corrected chi connectivity index (χ3v) is 6.33. The normalized spacial score (nSPS) is 11.1. The van der Waals surface area contributed by atoms with Gasteiger partial charge < -0.3 is 14.4 Å². The smallest absolute Gasteiger partial charge is 0.338 e. The van der Waals surface area contributed by atoms with Gasteiger partial charge in [0.15, 0.2) is 0 Å². The number of aromatic carboxylic acids is 1. The summed E-state index contributed by atoms with van der Waals surface area (Å²) in [6.07, 6.45) is 3.57. The number of ether oxygens (including phenoxy) is 1. The minimum atomic E-state index is -0.943. The molecular formula is C30H32N2O4. The number of nitrogens with zero attached hydrogens (tertiary/aromatic N) is 2. The number of fused-ring (bicyclic) bond motifs is 1. The summed E-state index contributed by atoms with van der Waals surface area (Å²) in [4.78, 5) is 29.1. The summed E-state index contributed by atoms with van der Waals surface area (Å²) in [5, 5.41) is 9.56. The van der Waals surface area contributed by atoms with Crippen LogP contribution in [0.15, 0.2) is 60.7 Å². The molecular weight excluding hydrogens is 452 g/mol. The molecule has 3 aromatic carbocycles. The maximum atomic E-state index is 12.6. The van der Waals surface area contributed by atoms with Crippen LogP contribution in [0.2, 0.25) is 0 Å². The molecule has 36 heavy (non-hydrogen) atoms. The van der Waals surface area contributed by atoms with Crippen LogP contribution < -0.4 is 0 Å². The van der Waals surface area contributed by atoms with Crippen LogP contribution in [-0.4, -0.2) is 33.2 Å². The molecule has 6 heteroatoms. The monoisotopic (exact) mass is 484 g/mol. The number of benzene rings is 3. The Balaban J connectivity index is 1.65. The van der Waals surface area contributed by atoms with Crippen molar-refractivity contribution < 1.29 is 19.4 Å². The molecule has 0 fully saturated rings. The van der Waals surface area contributed by atoms with Crippen molar-refractivity contribution in [2.75, 3.05) is 6.61 Å². The molecule has 1 N–H and O–H groups in total. The fourth-order valence-electron chi connectivity index (χ4n) is 4.43. The Labute approximate surface area is 211 Å². The van der Waals surface area contributed by atoms with Crippen LogP contribution in [0.5, 0.6) is 0 Å². The van der Waals surface area contributed by atoms with Gasteiger partial charge in [0, 0.05) is 13.0 Å². The first-order valence-electron chi connectivity index (χ1n) is 12.5. The summed E-state index contributed by atoms with van der Waals surface area (Å²) in [6, 6.07) is 19.0. The van der Waals surface area contributed by atoms with Gasteiger partial charge in [0.1, 0.15) is 5.82 Å².